The second-order valence-corrected chi connectivity index (χ2v) is 9.39. The van der Waals surface area contributed by atoms with Gasteiger partial charge in [-0.1, -0.05) is 0 Å². The van der Waals surface area contributed by atoms with E-state index in [0.29, 0.717) is 19.5 Å². The number of hydrazone groups is 1. The van der Waals surface area contributed by atoms with Crippen LogP contribution in [0.4, 0.5) is 0 Å². The van der Waals surface area contributed by atoms with Crippen molar-refractivity contribution in [3.05, 3.63) is 54.0 Å². The van der Waals surface area contributed by atoms with Crippen molar-refractivity contribution >= 4 is 17.5 Å². The van der Waals surface area contributed by atoms with Crippen molar-refractivity contribution in [1.29, 1.82) is 0 Å². The lowest BCUT2D eigenvalue weighted by Crippen LogP contribution is -2.51. The number of rotatable bonds is 7. The Bertz CT molecular complexity index is 1040. The molecule has 3 aliphatic rings. The van der Waals surface area contributed by atoms with E-state index in [1.807, 2.05) is 41.3 Å². The Morgan fingerprint density at radius 3 is 2.20 bits per heavy atom. The first-order valence-electron chi connectivity index (χ1n) is 12.4. The normalized spacial score (nSPS) is 21.4. The van der Waals surface area contributed by atoms with Gasteiger partial charge in [-0.2, -0.15) is 5.10 Å². The van der Waals surface area contributed by atoms with Crippen molar-refractivity contribution < 1.29 is 18.7 Å². The van der Waals surface area contributed by atoms with Crippen molar-refractivity contribution in [2.45, 2.75) is 25.3 Å². The number of amides is 2. The van der Waals surface area contributed by atoms with Crippen molar-refractivity contribution in [3.63, 3.8) is 0 Å². The summed E-state index contributed by atoms with van der Waals surface area (Å²) in [4.78, 5) is 32.1. The first-order valence-corrected chi connectivity index (χ1v) is 12.4. The summed E-state index contributed by atoms with van der Waals surface area (Å²) in [5, 5.41) is 6.31. The first kappa shape index (κ1) is 23.6. The molecule has 2 saturated heterocycles. The van der Waals surface area contributed by atoms with E-state index in [9.17, 15) is 9.59 Å². The van der Waals surface area contributed by atoms with Crippen LogP contribution in [0, 0.1) is 0 Å². The smallest absolute Gasteiger partial charge is 0.257 e. The minimum absolute atomic E-state index is 0.0449. The van der Waals surface area contributed by atoms with E-state index in [1.165, 1.54) is 0 Å². The first-order chi connectivity index (χ1) is 17.1. The molecule has 0 bridgehead atoms. The topological polar surface area (TPSA) is 81.8 Å². The number of nitrogens with zero attached hydrogens (tertiary/aromatic N) is 5. The van der Waals surface area contributed by atoms with Crippen LogP contribution >= 0.6 is 0 Å². The molecule has 5 rings (SSSR count). The van der Waals surface area contributed by atoms with Gasteiger partial charge in [0, 0.05) is 45.7 Å². The number of furan rings is 1. The molecule has 0 saturated carbocycles. The summed E-state index contributed by atoms with van der Waals surface area (Å²) in [5.41, 5.74) is 1.82. The third-order valence-electron chi connectivity index (χ3n) is 7.10. The highest BCUT2D eigenvalue weighted by Gasteiger charge is 2.36. The van der Waals surface area contributed by atoms with Gasteiger partial charge in [-0.15, -0.1) is 0 Å². The fourth-order valence-corrected chi connectivity index (χ4v) is 5.03. The summed E-state index contributed by atoms with van der Waals surface area (Å²) >= 11 is 0. The summed E-state index contributed by atoms with van der Waals surface area (Å²) in [6.45, 7) is 5.64. The zero-order valence-electron chi connectivity index (χ0n) is 20.3. The second kappa shape index (κ2) is 10.6. The number of piperazine rings is 1. The van der Waals surface area contributed by atoms with Crippen LogP contribution in [0.25, 0.3) is 0 Å². The van der Waals surface area contributed by atoms with Gasteiger partial charge in [0.2, 0.25) is 5.91 Å². The minimum atomic E-state index is -0.256. The molecular weight excluding hydrogens is 446 g/mol. The SMILES string of the molecule is COc1ccc(C2=NN(C(=O)CN3CCN(CC(=O)N4CCCC4)CC3)[C@@H](c3ccco3)C2)cc1. The predicted molar refractivity (Wildman–Crippen MR) is 131 cm³/mol. The van der Waals surface area contributed by atoms with Crippen LogP contribution in [0.5, 0.6) is 5.75 Å². The van der Waals surface area contributed by atoms with Crippen LogP contribution in [-0.2, 0) is 9.59 Å². The van der Waals surface area contributed by atoms with E-state index in [2.05, 4.69) is 9.80 Å². The van der Waals surface area contributed by atoms with Gasteiger partial charge in [0.1, 0.15) is 17.6 Å². The molecule has 1 aromatic carbocycles. The third-order valence-corrected chi connectivity index (χ3v) is 7.10. The lowest BCUT2D eigenvalue weighted by Gasteiger charge is -2.35. The summed E-state index contributed by atoms with van der Waals surface area (Å²) in [6, 6.07) is 11.2. The van der Waals surface area contributed by atoms with Gasteiger partial charge < -0.3 is 14.1 Å². The molecule has 0 spiro atoms. The van der Waals surface area contributed by atoms with Gasteiger partial charge in [0.05, 0.1) is 32.2 Å². The van der Waals surface area contributed by atoms with Crippen molar-refractivity contribution in [1.82, 2.24) is 19.7 Å². The van der Waals surface area contributed by atoms with Crippen molar-refractivity contribution in [2.24, 2.45) is 5.10 Å². The van der Waals surface area contributed by atoms with Gasteiger partial charge in [-0.25, -0.2) is 5.01 Å². The summed E-state index contributed by atoms with van der Waals surface area (Å²) in [7, 11) is 1.64. The van der Waals surface area contributed by atoms with Crippen LogP contribution in [-0.4, -0.2) is 96.7 Å². The van der Waals surface area contributed by atoms with Gasteiger partial charge in [-0.05, 0) is 54.8 Å². The van der Waals surface area contributed by atoms with E-state index in [0.717, 1.165) is 74.9 Å². The van der Waals surface area contributed by atoms with E-state index in [-0.39, 0.29) is 17.9 Å². The van der Waals surface area contributed by atoms with E-state index < -0.39 is 0 Å². The maximum absolute atomic E-state index is 13.4. The standard InChI is InChI=1S/C26H33N5O4/c1-34-21-8-6-20(7-9-21)22-17-23(24-5-4-16-35-24)31(27-22)26(33)19-29-14-12-28(13-15-29)18-25(32)30-10-2-3-11-30/h4-9,16,23H,2-3,10-15,17-19H2,1H3/t23-/m1/s1. The molecule has 1 atom stereocenters. The Hall–Kier alpha value is -3.17. The van der Waals surface area contributed by atoms with E-state index in [4.69, 9.17) is 14.3 Å². The second-order valence-electron chi connectivity index (χ2n) is 9.39. The number of carbonyl (C=O) groups is 2. The van der Waals surface area contributed by atoms with Gasteiger partial charge in [-0.3, -0.25) is 19.4 Å². The molecule has 1 aromatic heterocycles. The highest BCUT2D eigenvalue weighted by molar-refractivity contribution is 6.03. The summed E-state index contributed by atoms with van der Waals surface area (Å²) in [5.74, 6) is 1.70. The average Bonchev–Trinajstić information content (AvgIpc) is 3.67. The van der Waals surface area contributed by atoms with Crippen molar-refractivity contribution in [2.75, 3.05) is 59.5 Å². The lowest BCUT2D eigenvalue weighted by atomic mass is 10.0. The van der Waals surface area contributed by atoms with E-state index >= 15 is 0 Å². The van der Waals surface area contributed by atoms with Gasteiger partial charge in [0.25, 0.3) is 5.91 Å². The fraction of sp³-hybridized carbons (Fsp3) is 0.500. The molecule has 4 heterocycles. The molecule has 2 fully saturated rings. The molecule has 2 amide bonds. The minimum Gasteiger partial charge on any atom is -0.497 e. The van der Waals surface area contributed by atoms with Crippen LogP contribution < -0.4 is 4.74 Å². The zero-order valence-corrected chi connectivity index (χ0v) is 20.3. The Balaban J connectivity index is 1.20. The average molecular weight is 480 g/mol. The van der Waals surface area contributed by atoms with E-state index in [1.54, 1.807) is 18.4 Å². The number of carbonyl (C=O) groups excluding carboxylic acids is 2. The Morgan fingerprint density at radius 2 is 1.60 bits per heavy atom. The third kappa shape index (κ3) is 5.41. The van der Waals surface area contributed by atoms with Crippen molar-refractivity contribution in [3.8, 4) is 5.75 Å². The quantitative estimate of drug-likeness (QED) is 0.606. The van der Waals surface area contributed by atoms with Crippen LogP contribution in [0.1, 0.15) is 36.6 Å². The number of hydrogen-bond acceptors (Lipinski definition) is 7. The summed E-state index contributed by atoms with van der Waals surface area (Å²) < 4.78 is 10.9. The largest absolute Gasteiger partial charge is 0.497 e. The zero-order chi connectivity index (χ0) is 24.2. The Morgan fingerprint density at radius 1 is 0.943 bits per heavy atom. The molecule has 0 radical (unpaired) electrons. The molecule has 3 aliphatic heterocycles. The Kier molecular flexibility index (Phi) is 7.15. The predicted octanol–water partition coefficient (Wildman–Crippen LogP) is 2.21. The van der Waals surface area contributed by atoms with Gasteiger partial charge >= 0.3 is 0 Å². The fourth-order valence-electron chi connectivity index (χ4n) is 5.03. The molecule has 186 valence electrons. The number of benzene rings is 1. The number of methoxy groups -OCH3 is 1. The lowest BCUT2D eigenvalue weighted by molar-refractivity contribution is -0.136. The maximum Gasteiger partial charge on any atom is 0.257 e. The highest BCUT2D eigenvalue weighted by Crippen LogP contribution is 2.33. The molecule has 9 heteroatoms. The van der Waals surface area contributed by atoms with Crippen LogP contribution in [0.15, 0.2) is 52.2 Å². The number of hydrogen-bond donors (Lipinski definition) is 0. The van der Waals surface area contributed by atoms with Gasteiger partial charge in [0.15, 0.2) is 0 Å². The Labute approximate surface area is 205 Å². The monoisotopic (exact) mass is 479 g/mol. The molecule has 2 aromatic rings. The molecular formula is C26H33N5O4. The van der Waals surface area contributed by atoms with Crippen LogP contribution in [0.2, 0.25) is 0 Å². The molecule has 0 N–H and O–H groups in total. The molecule has 0 aliphatic carbocycles. The number of likely N-dealkylation sites (tertiary alicyclic amines) is 1. The van der Waals surface area contributed by atoms with Crippen LogP contribution in [0.3, 0.4) is 0 Å². The number of ether oxygens (including phenoxy) is 1. The molecule has 9 nitrogen and oxygen atoms in total. The molecule has 0 unspecified atom stereocenters. The summed E-state index contributed by atoms with van der Waals surface area (Å²) in [6.07, 6.45) is 4.45. The molecule has 35 heavy (non-hydrogen) atoms. The maximum atomic E-state index is 13.4. The highest BCUT2D eigenvalue weighted by atomic mass is 16.5.